The molecular formula is C21H18Cl4F3NO3. The minimum atomic E-state index is -4.45. The molecule has 0 aliphatic carbocycles. The van der Waals surface area contributed by atoms with E-state index >= 15 is 0 Å². The average molecular weight is 531 g/mol. The Bertz CT molecular complexity index is 939. The van der Waals surface area contributed by atoms with Crippen molar-refractivity contribution in [1.82, 2.24) is 4.90 Å². The Hall–Kier alpha value is -1.80. The number of ether oxygens (including phenoxy) is 2. The van der Waals surface area contributed by atoms with Crippen LogP contribution in [0, 0.1) is 0 Å². The molecule has 11 heteroatoms. The second kappa shape index (κ2) is 11.9. The van der Waals surface area contributed by atoms with Crippen LogP contribution in [0.25, 0.3) is 0 Å². The summed E-state index contributed by atoms with van der Waals surface area (Å²) in [6.07, 6.45) is -2.56. The molecule has 0 N–H and O–H groups in total. The third kappa shape index (κ3) is 7.96. The number of hydrogen-bond acceptors (Lipinski definition) is 3. The molecule has 0 heterocycles. The highest BCUT2D eigenvalue weighted by Gasteiger charge is 2.30. The smallest absolute Gasteiger partial charge is 0.416 e. The first-order valence-electron chi connectivity index (χ1n) is 9.17. The van der Waals surface area contributed by atoms with Crippen molar-refractivity contribution in [2.45, 2.75) is 12.6 Å². The number of benzene rings is 2. The van der Waals surface area contributed by atoms with Crippen LogP contribution in [0.5, 0.6) is 11.5 Å². The lowest BCUT2D eigenvalue weighted by molar-refractivity contribution is -0.137. The van der Waals surface area contributed by atoms with E-state index in [9.17, 15) is 18.0 Å². The molecule has 2 aromatic rings. The van der Waals surface area contributed by atoms with E-state index in [0.29, 0.717) is 18.7 Å². The van der Waals surface area contributed by atoms with Crippen LogP contribution in [-0.4, -0.2) is 37.6 Å². The van der Waals surface area contributed by atoms with E-state index in [-0.39, 0.29) is 39.1 Å². The van der Waals surface area contributed by atoms with Crippen LogP contribution in [0.3, 0.4) is 0 Å². The Labute approximate surface area is 203 Å². The lowest BCUT2D eigenvalue weighted by atomic mass is 10.1. The number of hydrogen-bond donors (Lipinski definition) is 0. The minimum absolute atomic E-state index is 0.0731. The van der Waals surface area contributed by atoms with E-state index in [1.807, 2.05) is 0 Å². The molecule has 0 fully saturated rings. The largest absolute Gasteiger partial charge is 0.490 e. The Morgan fingerprint density at radius 3 is 2.19 bits per heavy atom. The summed E-state index contributed by atoms with van der Waals surface area (Å²) in [5.74, 6) is 0.269. The highest BCUT2D eigenvalue weighted by atomic mass is 35.5. The van der Waals surface area contributed by atoms with Crippen molar-refractivity contribution in [2.75, 3.05) is 26.8 Å². The topological polar surface area (TPSA) is 38.8 Å². The first-order valence-corrected chi connectivity index (χ1v) is 10.7. The maximum Gasteiger partial charge on any atom is 0.416 e. The monoisotopic (exact) mass is 529 g/mol. The molecule has 2 aromatic carbocycles. The van der Waals surface area contributed by atoms with Gasteiger partial charge in [-0.15, -0.1) is 0 Å². The van der Waals surface area contributed by atoms with Gasteiger partial charge in [0, 0.05) is 31.3 Å². The zero-order valence-electron chi connectivity index (χ0n) is 16.7. The third-order valence-electron chi connectivity index (χ3n) is 4.15. The molecule has 0 spiro atoms. The van der Waals surface area contributed by atoms with Crippen molar-refractivity contribution in [1.29, 1.82) is 0 Å². The fourth-order valence-corrected chi connectivity index (χ4v) is 3.26. The summed E-state index contributed by atoms with van der Waals surface area (Å²) in [6.45, 7) is 0.644. The minimum Gasteiger partial charge on any atom is -0.490 e. The van der Waals surface area contributed by atoms with Gasteiger partial charge < -0.3 is 14.4 Å². The second-order valence-electron chi connectivity index (χ2n) is 6.52. The molecule has 174 valence electrons. The van der Waals surface area contributed by atoms with Gasteiger partial charge in [-0.1, -0.05) is 46.4 Å². The molecule has 0 bridgehead atoms. The van der Waals surface area contributed by atoms with E-state index in [1.165, 1.54) is 23.1 Å². The SMILES string of the molecule is CN(CCCOc1c(Cl)cc(OCC=C(Cl)Cl)cc1Cl)C(=O)c1ccc(C(F)(F)F)cc1. The maximum absolute atomic E-state index is 12.6. The van der Waals surface area contributed by atoms with Gasteiger partial charge in [0.2, 0.25) is 0 Å². The second-order valence-corrected chi connectivity index (χ2v) is 8.35. The van der Waals surface area contributed by atoms with Crippen molar-refractivity contribution < 1.29 is 27.4 Å². The summed E-state index contributed by atoms with van der Waals surface area (Å²) in [5, 5.41) is 0.477. The van der Waals surface area contributed by atoms with Crippen molar-refractivity contribution in [2.24, 2.45) is 0 Å². The Morgan fingerprint density at radius 2 is 1.66 bits per heavy atom. The first-order chi connectivity index (χ1) is 15.0. The van der Waals surface area contributed by atoms with Crippen LogP contribution in [0.1, 0.15) is 22.3 Å². The fraction of sp³-hybridized carbons (Fsp3) is 0.286. The van der Waals surface area contributed by atoms with Gasteiger partial charge >= 0.3 is 6.18 Å². The number of rotatable bonds is 9. The van der Waals surface area contributed by atoms with Crippen LogP contribution in [0.4, 0.5) is 13.2 Å². The highest BCUT2D eigenvalue weighted by molar-refractivity contribution is 6.55. The van der Waals surface area contributed by atoms with Gasteiger partial charge in [-0.05, 0) is 36.8 Å². The molecule has 2 rings (SSSR count). The first kappa shape index (κ1) is 26.5. The number of amides is 1. The summed E-state index contributed by atoms with van der Waals surface area (Å²) in [4.78, 5) is 13.8. The van der Waals surface area contributed by atoms with Crippen LogP contribution in [-0.2, 0) is 6.18 Å². The summed E-state index contributed by atoms with van der Waals surface area (Å²) < 4.78 is 49.0. The van der Waals surface area contributed by atoms with Gasteiger partial charge in [-0.2, -0.15) is 13.2 Å². The van der Waals surface area contributed by atoms with Gasteiger partial charge in [-0.3, -0.25) is 4.79 Å². The molecule has 0 saturated heterocycles. The van der Waals surface area contributed by atoms with Crippen molar-refractivity contribution >= 4 is 52.3 Å². The normalized spacial score (nSPS) is 11.1. The quantitative estimate of drug-likeness (QED) is 0.320. The van der Waals surface area contributed by atoms with Gasteiger partial charge in [0.25, 0.3) is 5.91 Å². The van der Waals surface area contributed by atoms with Crippen LogP contribution >= 0.6 is 46.4 Å². The highest BCUT2D eigenvalue weighted by Crippen LogP contribution is 2.37. The summed E-state index contributed by atoms with van der Waals surface area (Å²) in [6, 6.07) is 7.11. The Kier molecular flexibility index (Phi) is 9.83. The Morgan fingerprint density at radius 1 is 1.06 bits per heavy atom. The number of nitrogens with zero attached hydrogens (tertiary/aromatic N) is 1. The molecule has 0 unspecified atom stereocenters. The molecular weight excluding hydrogens is 513 g/mol. The molecule has 1 amide bonds. The fourth-order valence-electron chi connectivity index (χ4n) is 2.56. The lowest BCUT2D eigenvalue weighted by Gasteiger charge is -2.18. The number of carbonyl (C=O) groups excluding carboxylic acids is 1. The molecule has 0 atom stereocenters. The van der Waals surface area contributed by atoms with Crippen molar-refractivity contribution in [3.05, 3.63) is 68.1 Å². The zero-order chi connectivity index (χ0) is 23.9. The van der Waals surface area contributed by atoms with Crippen LogP contribution in [0.15, 0.2) is 47.0 Å². The van der Waals surface area contributed by atoms with Crippen LogP contribution in [0.2, 0.25) is 10.0 Å². The van der Waals surface area contributed by atoms with E-state index < -0.39 is 17.6 Å². The Balaban J connectivity index is 1.86. The molecule has 0 saturated carbocycles. The third-order valence-corrected chi connectivity index (χ3v) is 5.02. The molecule has 0 aromatic heterocycles. The number of carbonyl (C=O) groups is 1. The molecule has 0 aliphatic heterocycles. The molecule has 32 heavy (non-hydrogen) atoms. The van der Waals surface area contributed by atoms with Gasteiger partial charge in [0.05, 0.1) is 22.2 Å². The van der Waals surface area contributed by atoms with E-state index in [0.717, 1.165) is 24.3 Å². The average Bonchev–Trinajstić information content (AvgIpc) is 2.71. The summed E-state index contributed by atoms with van der Waals surface area (Å²) in [5.41, 5.74) is -0.650. The summed E-state index contributed by atoms with van der Waals surface area (Å²) >= 11 is 23.4. The van der Waals surface area contributed by atoms with E-state index in [1.54, 1.807) is 7.05 Å². The van der Waals surface area contributed by atoms with Crippen molar-refractivity contribution in [3.8, 4) is 11.5 Å². The molecule has 0 radical (unpaired) electrons. The number of halogens is 7. The van der Waals surface area contributed by atoms with Gasteiger partial charge in [-0.25, -0.2) is 0 Å². The molecule has 0 aliphatic rings. The summed E-state index contributed by atoms with van der Waals surface area (Å²) in [7, 11) is 1.55. The molecule has 4 nitrogen and oxygen atoms in total. The predicted molar refractivity (Wildman–Crippen MR) is 120 cm³/mol. The zero-order valence-corrected chi connectivity index (χ0v) is 19.7. The number of alkyl halides is 3. The standard InChI is InChI=1S/C21H18Cl4F3NO3/c1-29(20(30)13-3-5-14(6-4-13)21(26,27)28)8-2-9-32-19-16(22)11-15(12-17(19)23)31-10-7-18(24)25/h3-7,11-12H,2,8-10H2,1H3. The van der Waals surface area contributed by atoms with Gasteiger partial charge in [0.1, 0.15) is 16.8 Å². The van der Waals surface area contributed by atoms with Crippen molar-refractivity contribution in [3.63, 3.8) is 0 Å². The lowest BCUT2D eigenvalue weighted by Crippen LogP contribution is -2.28. The maximum atomic E-state index is 12.6. The van der Waals surface area contributed by atoms with E-state index in [4.69, 9.17) is 55.9 Å². The van der Waals surface area contributed by atoms with E-state index in [2.05, 4.69) is 0 Å². The van der Waals surface area contributed by atoms with Gasteiger partial charge in [0.15, 0.2) is 5.75 Å². The van der Waals surface area contributed by atoms with Crippen LogP contribution < -0.4 is 9.47 Å². The predicted octanol–water partition coefficient (Wildman–Crippen LogP) is 7.25.